The fourth-order valence-corrected chi connectivity index (χ4v) is 8.01. The van der Waals surface area contributed by atoms with E-state index in [1.54, 1.807) is 4.90 Å². The molecule has 146 valence electrons. The van der Waals surface area contributed by atoms with Gasteiger partial charge in [-0.15, -0.1) is 0 Å². The van der Waals surface area contributed by atoms with Gasteiger partial charge in [0.05, 0.1) is 0 Å². The van der Waals surface area contributed by atoms with Gasteiger partial charge in [0.15, 0.2) is 0 Å². The van der Waals surface area contributed by atoms with Crippen molar-refractivity contribution in [2.24, 2.45) is 0 Å². The molecule has 1 aromatic carbocycles. The molecular formula is C21H35NO3Sn. The minimum absolute atomic E-state index is 0.0766. The molecule has 1 fully saturated rings. The number of nitrogens with zero attached hydrogens (tertiary/aromatic N) is 1. The molecule has 1 amide bonds. The fourth-order valence-electron chi connectivity index (χ4n) is 3.66. The monoisotopic (exact) mass is 469 g/mol. The summed E-state index contributed by atoms with van der Waals surface area (Å²) in [4.78, 5) is 21.8. The van der Waals surface area contributed by atoms with Gasteiger partial charge in [-0.2, -0.15) is 0 Å². The molecule has 0 spiro atoms. The molecule has 0 radical (unpaired) electrons. The Morgan fingerprint density at radius 2 is 1.81 bits per heavy atom. The summed E-state index contributed by atoms with van der Waals surface area (Å²) < 4.78 is 12.0. The molecule has 4 nitrogen and oxygen atoms in total. The number of hydrogen-bond donors (Lipinski definition) is 0. The molecule has 0 aliphatic carbocycles. The summed E-state index contributed by atoms with van der Waals surface area (Å²) in [5, 5.41) is 0. The molecule has 1 aliphatic heterocycles. The molecule has 0 bridgehead atoms. The standard InChI is InChI=1S/C18H26NO3.3CH3.Sn/c1-17(2)14-22-18(3,4)19(17)16(20)21-13-9-8-12-15-10-6-5-7-11-15;;;;/h5-7,10-11,13H,8-9,12,14H2,1-4H3;3*1H3;. The van der Waals surface area contributed by atoms with Crippen LogP contribution in [0, 0.1) is 0 Å². The Morgan fingerprint density at radius 3 is 2.31 bits per heavy atom. The van der Waals surface area contributed by atoms with E-state index in [-0.39, 0.29) is 15.8 Å². The van der Waals surface area contributed by atoms with Crippen molar-refractivity contribution in [3.63, 3.8) is 0 Å². The molecule has 0 aromatic heterocycles. The number of hydrogen-bond acceptors (Lipinski definition) is 3. The predicted molar refractivity (Wildman–Crippen MR) is 109 cm³/mol. The first kappa shape index (κ1) is 21.5. The van der Waals surface area contributed by atoms with Crippen molar-refractivity contribution in [1.29, 1.82) is 0 Å². The Bertz CT molecular complexity index is 591. The Hall–Kier alpha value is -0.751. The van der Waals surface area contributed by atoms with Crippen LogP contribution >= 0.6 is 0 Å². The van der Waals surface area contributed by atoms with Gasteiger partial charge in [-0.3, -0.25) is 0 Å². The van der Waals surface area contributed by atoms with Crippen molar-refractivity contribution in [2.75, 3.05) is 6.61 Å². The normalized spacial score (nSPS) is 20.0. The van der Waals surface area contributed by atoms with Gasteiger partial charge in [0.2, 0.25) is 0 Å². The maximum absolute atomic E-state index is 13.0. The first-order valence-electron chi connectivity index (χ1n) is 9.62. The summed E-state index contributed by atoms with van der Waals surface area (Å²) in [5.41, 5.74) is 0.377. The Labute approximate surface area is 163 Å². The Kier molecular flexibility index (Phi) is 6.71. The minimum atomic E-state index is -2.43. The molecule has 1 unspecified atom stereocenters. The van der Waals surface area contributed by atoms with E-state index in [0.717, 1.165) is 19.3 Å². The summed E-state index contributed by atoms with van der Waals surface area (Å²) in [5.74, 6) is 0. The quantitative estimate of drug-likeness (QED) is 0.537. The number of rotatable bonds is 6. The zero-order chi connectivity index (χ0) is 19.6. The molecule has 1 aliphatic rings. The van der Waals surface area contributed by atoms with Crippen LogP contribution in [0.4, 0.5) is 4.79 Å². The topological polar surface area (TPSA) is 38.8 Å². The van der Waals surface area contributed by atoms with E-state index in [1.165, 1.54) is 5.56 Å². The SMILES string of the molecule is CC1(C)COC(C)(C)N1C(=O)O[CH](CCCc1ccccc1)[Sn]([CH3])([CH3])[CH3]. The number of ether oxygens (including phenoxy) is 2. The van der Waals surface area contributed by atoms with Crippen LogP contribution in [0.1, 0.15) is 46.1 Å². The van der Waals surface area contributed by atoms with Crippen molar-refractivity contribution >= 4 is 24.5 Å². The number of amides is 1. The second-order valence-corrected chi connectivity index (χ2v) is 24.8. The molecule has 26 heavy (non-hydrogen) atoms. The molecule has 5 heteroatoms. The summed E-state index contributed by atoms with van der Waals surface area (Å²) in [6.45, 7) is 8.48. The van der Waals surface area contributed by atoms with Crippen molar-refractivity contribution < 1.29 is 14.3 Å². The van der Waals surface area contributed by atoms with E-state index in [2.05, 4.69) is 39.1 Å². The average molecular weight is 468 g/mol. The number of carbonyl (C=O) groups excluding carboxylic acids is 1. The van der Waals surface area contributed by atoms with Gasteiger partial charge in [-0.05, 0) is 0 Å². The van der Waals surface area contributed by atoms with Crippen LogP contribution in [0.3, 0.4) is 0 Å². The first-order chi connectivity index (χ1) is 11.9. The van der Waals surface area contributed by atoms with Gasteiger partial charge < -0.3 is 0 Å². The average Bonchev–Trinajstić information content (AvgIpc) is 2.74. The van der Waals surface area contributed by atoms with E-state index < -0.39 is 24.1 Å². The van der Waals surface area contributed by atoms with Crippen LogP contribution in [-0.2, 0) is 15.9 Å². The van der Waals surface area contributed by atoms with Crippen molar-refractivity contribution in [1.82, 2.24) is 4.90 Å². The van der Waals surface area contributed by atoms with Crippen LogP contribution in [0.15, 0.2) is 30.3 Å². The van der Waals surface area contributed by atoms with E-state index in [9.17, 15) is 4.79 Å². The summed E-state index contributed by atoms with van der Waals surface area (Å²) >= 11 is -2.43. The first-order valence-corrected chi connectivity index (χ1v) is 19.8. The molecule has 2 rings (SSSR count). The fraction of sp³-hybridized carbons (Fsp3) is 0.667. The van der Waals surface area contributed by atoms with Crippen molar-refractivity contribution in [3.8, 4) is 0 Å². The molecule has 0 N–H and O–H groups in total. The van der Waals surface area contributed by atoms with Gasteiger partial charge in [0.25, 0.3) is 0 Å². The second-order valence-electron chi connectivity index (χ2n) is 9.50. The van der Waals surface area contributed by atoms with Crippen molar-refractivity contribution in [3.05, 3.63) is 35.9 Å². The van der Waals surface area contributed by atoms with Gasteiger partial charge in [0, 0.05) is 0 Å². The summed E-state index contributed by atoms with van der Waals surface area (Å²) in [6.07, 6.45) is 2.78. The van der Waals surface area contributed by atoms with Gasteiger partial charge in [-0.25, -0.2) is 0 Å². The third-order valence-corrected chi connectivity index (χ3v) is 11.8. The summed E-state index contributed by atoms with van der Waals surface area (Å²) in [7, 11) is 0. The molecule has 1 heterocycles. The van der Waals surface area contributed by atoms with Crippen LogP contribution < -0.4 is 0 Å². The third kappa shape index (κ3) is 5.38. The van der Waals surface area contributed by atoms with E-state index in [4.69, 9.17) is 9.47 Å². The molecule has 1 saturated heterocycles. The second kappa shape index (κ2) is 8.09. The number of benzene rings is 1. The van der Waals surface area contributed by atoms with E-state index in [1.807, 2.05) is 33.8 Å². The molecule has 1 aromatic rings. The maximum atomic E-state index is 13.0. The van der Waals surface area contributed by atoms with Gasteiger partial charge in [0.1, 0.15) is 0 Å². The summed E-state index contributed by atoms with van der Waals surface area (Å²) in [6, 6.07) is 10.5. The van der Waals surface area contributed by atoms with Crippen molar-refractivity contribution in [2.45, 2.75) is 77.2 Å². The van der Waals surface area contributed by atoms with Crippen LogP contribution in [0.2, 0.25) is 14.8 Å². The Balaban J connectivity index is 2.02. The van der Waals surface area contributed by atoms with Crippen LogP contribution in [-0.4, -0.2) is 51.4 Å². The van der Waals surface area contributed by atoms with E-state index in [0.29, 0.717) is 6.61 Å². The van der Waals surface area contributed by atoms with Gasteiger partial charge in [-0.1, -0.05) is 0 Å². The zero-order valence-corrected chi connectivity index (χ0v) is 20.3. The Morgan fingerprint density at radius 1 is 1.19 bits per heavy atom. The predicted octanol–water partition coefficient (Wildman–Crippen LogP) is 5.24. The zero-order valence-electron chi connectivity index (χ0n) is 17.5. The van der Waals surface area contributed by atoms with Crippen LogP contribution in [0.25, 0.3) is 0 Å². The van der Waals surface area contributed by atoms with Gasteiger partial charge >= 0.3 is 163 Å². The number of carbonyl (C=O) groups is 1. The van der Waals surface area contributed by atoms with Crippen LogP contribution in [0.5, 0.6) is 0 Å². The molecule has 1 atom stereocenters. The third-order valence-electron chi connectivity index (χ3n) is 5.09. The molecule has 0 saturated carbocycles. The molecular weight excluding hydrogens is 433 g/mol. The number of aryl methyl sites for hydroxylation is 1. The van der Waals surface area contributed by atoms with E-state index >= 15 is 0 Å².